The third-order valence-corrected chi connectivity index (χ3v) is 4.46. The summed E-state index contributed by atoms with van der Waals surface area (Å²) in [5.41, 5.74) is 0. The summed E-state index contributed by atoms with van der Waals surface area (Å²) >= 11 is 3.38. The first-order valence-corrected chi connectivity index (χ1v) is 10.7. The molecule has 0 aromatic carbocycles. The minimum Gasteiger partial charge on any atom is -0.463 e. The normalized spacial score (nSPS) is 10.9. The van der Waals surface area contributed by atoms with Crippen LogP contribution in [0.25, 0.3) is 0 Å². The molecule has 0 unspecified atom stereocenters. The molecule has 0 spiro atoms. The van der Waals surface area contributed by atoms with Crippen molar-refractivity contribution in [3.05, 3.63) is 0 Å². The highest BCUT2D eigenvalue weighted by Crippen LogP contribution is 2.09. The first-order chi connectivity index (χ1) is 11.3. The molecule has 0 aromatic heterocycles. The van der Waals surface area contributed by atoms with E-state index < -0.39 is 0 Å². The van der Waals surface area contributed by atoms with Crippen molar-refractivity contribution >= 4 is 21.9 Å². The quantitative estimate of drug-likeness (QED) is 0.162. The predicted molar refractivity (Wildman–Crippen MR) is 101 cm³/mol. The topological polar surface area (TPSA) is 35.5 Å². The van der Waals surface area contributed by atoms with Crippen molar-refractivity contribution in [2.45, 2.75) is 90.4 Å². The molecule has 0 aromatic rings. The third kappa shape index (κ3) is 19.9. The van der Waals surface area contributed by atoms with Gasteiger partial charge in [-0.1, -0.05) is 80.6 Å². The van der Waals surface area contributed by atoms with Gasteiger partial charge in [0.05, 0.1) is 6.61 Å². The number of halogens is 1. The van der Waals surface area contributed by atoms with Gasteiger partial charge in [0.25, 0.3) is 0 Å². The van der Waals surface area contributed by atoms with Crippen LogP contribution in [0, 0.1) is 0 Å². The van der Waals surface area contributed by atoms with Gasteiger partial charge in [0.1, 0.15) is 6.61 Å². The summed E-state index contributed by atoms with van der Waals surface area (Å²) in [6, 6.07) is 0. The highest BCUT2D eigenvalue weighted by atomic mass is 79.9. The molecule has 0 aliphatic heterocycles. The Morgan fingerprint density at radius 2 is 1.35 bits per heavy atom. The van der Waals surface area contributed by atoms with Crippen molar-refractivity contribution in [1.82, 2.24) is 0 Å². The molecule has 0 fully saturated rings. The molecule has 0 saturated heterocycles. The monoisotopic (exact) mass is 392 g/mol. The van der Waals surface area contributed by atoms with Crippen LogP contribution in [0.5, 0.6) is 0 Å². The molecule has 4 heteroatoms. The van der Waals surface area contributed by atoms with Crippen LogP contribution in [0.1, 0.15) is 90.4 Å². The van der Waals surface area contributed by atoms with E-state index >= 15 is 0 Å². The van der Waals surface area contributed by atoms with Gasteiger partial charge in [0.2, 0.25) is 0 Å². The van der Waals surface area contributed by atoms with E-state index in [1.165, 1.54) is 51.4 Å². The van der Waals surface area contributed by atoms with Crippen LogP contribution in [0.3, 0.4) is 0 Å². The molecule has 0 heterocycles. The molecule has 3 nitrogen and oxygen atoms in total. The smallest absolute Gasteiger partial charge is 0.305 e. The van der Waals surface area contributed by atoms with Crippen molar-refractivity contribution in [2.75, 3.05) is 25.2 Å². The maximum atomic E-state index is 11.4. The summed E-state index contributed by atoms with van der Waals surface area (Å²) < 4.78 is 10.6. The lowest BCUT2D eigenvalue weighted by atomic mass is 10.1. The van der Waals surface area contributed by atoms with Gasteiger partial charge in [-0.3, -0.25) is 4.79 Å². The lowest BCUT2D eigenvalue weighted by molar-refractivity contribution is -0.145. The van der Waals surface area contributed by atoms with Gasteiger partial charge >= 0.3 is 5.97 Å². The van der Waals surface area contributed by atoms with Crippen molar-refractivity contribution in [3.8, 4) is 0 Å². The Morgan fingerprint density at radius 1 is 0.739 bits per heavy atom. The van der Waals surface area contributed by atoms with Gasteiger partial charge in [-0.2, -0.15) is 0 Å². The molecular formula is C19H37BrO3. The summed E-state index contributed by atoms with van der Waals surface area (Å²) in [6.45, 7) is 3.98. The summed E-state index contributed by atoms with van der Waals surface area (Å²) in [4.78, 5) is 11.4. The summed E-state index contributed by atoms with van der Waals surface area (Å²) in [5, 5.41) is 1.01. The van der Waals surface area contributed by atoms with Gasteiger partial charge in [-0.25, -0.2) is 0 Å². The molecule has 0 saturated carbocycles. The van der Waals surface area contributed by atoms with Gasteiger partial charge < -0.3 is 9.47 Å². The number of carbonyl (C=O) groups is 1. The van der Waals surface area contributed by atoms with Crippen molar-refractivity contribution < 1.29 is 14.3 Å². The molecule has 0 aliphatic carbocycles. The van der Waals surface area contributed by atoms with Crippen molar-refractivity contribution in [1.29, 1.82) is 0 Å². The van der Waals surface area contributed by atoms with E-state index in [4.69, 9.17) is 9.47 Å². The summed E-state index contributed by atoms with van der Waals surface area (Å²) in [5.74, 6) is -0.0914. The number of rotatable bonds is 18. The van der Waals surface area contributed by atoms with Crippen LogP contribution in [-0.2, 0) is 14.3 Å². The van der Waals surface area contributed by atoms with Crippen LogP contribution >= 0.6 is 15.9 Å². The number of hydrogen-bond acceptors (Lipinski definition) is 3. The second-order valence-electron chi connectivity index (χ2n) is 6.16. The zero-order chi connectivity index (χ0) is 17.0. The number of esters is 1. The Morgan fingerprint density at radius 3 is 2.00 bits per heavy atom. The molecule has 138 valence electrons. The Labute approximate surface area is 152 Å². The lowest BCUT2D eigenvalue weighted by Gasteiger charge is -2.06. The number of hydrogen-bond donors (Lipinski definition) is 0. The van der Waals surface area contributed by atoms with Gasteiger partial charge in [0.15, 0.2) is 0 Å². The van der Waals surface area contributed by atoms with Crippen LogP contribution in [-0.4, -0.2) is 31.1 Å². The number of alkyl halides is 1. The maximum Gasteiger partial charge on any atom is 0.305 e. The molecular weight excluding hydrogens is 356 g/mol. The fourth-order valence-corrected chi connectivity index (χ4v) is 2.84. The Kier molecular flexibility index (Phi) is 19.9. The summed E-state index contributed by atoms with van der Waals surface area (Å²) in [6.07, 6.45) is 15.6. The largest absolute Gasteiger partial charge is 0.463 e. The lowest BCUT2D eigenvalue weighted by Crippen LogP contribution is -2.10. The highest BCUT2D eigenvalue weighted by Gasteiger charge is 2.02. The Bertz CT molecular complexity index is 247. The zero-order valence-electron chi connectivity index (χ0n) is 15.1. The highest BCUT2D eigenvalue weighted by molar-refractivity contribution is 9.09. The molecule has 0 atom stereocenters. The van der Waals surface area contributed by atoms with E-state index in [1.54, 1.807) is 0 Å². The fourth-order valence-electron chi connectivity index (χ4n) is 2.44. The molecule has 0 N–H and O–H groups in total. The maximum absolute atomic E-state index is 11.4. The number of unbranched alkanes of at least 4 members (excludes halogenated alkanes) is 10. The van der Waals surface area contributed by atoms with Gasteiger partial charge in [-0.15, -0.1) is 0 Å². The van der Waals surface area contributed by atoms with E-state index in [1.807, 2.05) is 0 Å². The molecule has 0 aliphatic rings. The van der Waals surface area contributed by atoms with Crippen LogP contribution in [0.15, 0.2) is 0 Å². The van der Waals surface area contributed by atoms with Gasteiger partial charge in [0, 0.05) is 18.4 Å². The molecule has 0 bridgehead atoms. The van der Waals surface area contributed by atoms with Crippen LogP contribution in [0.4, 0.5) is 0 Å². The standard InChI is InChI=1S/C19H37BrO3/c1-2-3-4-5-6-7-8-9-13-16-22-17-18-23-19(21)14-11-10-12-15-20/h2-18H2,1H3. The van der Waals surface area contributed by atoms with E-state index in [9.17, 15) is 4.79 Å². The average Bonchev–Trinajstić information content (AvgIpc) is 2.56. The van der Waals surface area contributed by atoms with E-state index in [-0.39, 0.29) is 5.97 Å². The van der Waals surface area contributed by atoms with Crippen molar-refractivity contribution in [2.24, 2.45) is 0 Å². The average molecular weight is 393 g/mol. The first-order valence-electron chi connectivity index (χ1n) is 9.60. The molecule has 0 amide bonds. The molecule has 0 rings (SSSR count). The van der Waals surface area contributed by atoms with Crippen molar-refractivity contribution in [3.63, 3.8) is 0 Å². The Balaban J connectivity index is 3.08. The Hall–Kier alpha value is -0.0900. The predicted octanol–water partition coefficient (Wildman–Crippen LogP) is 6.03. The van der Waals surface area contributed by atoms with E-state index in [0.29, 0.717) is 19.6 Å². The van der Waals surface area contributed by atoms with Crippen LogP contribution < -0.4 is 0 Å². The minimum atomic E-state index is -0.0914. The zero-order valence-corrected chi connectivity index (χ0v) is 16.7. The minimum absolute atomic E-state index is 0.0914. The SMILES string of the molecule is CCCCCCCCCCCOCCOC(=O)CCCCCBr. The molecule has 23 heavy (non-hydrogen) atoms. The van der Waals surface area contributed by atoms with Gasteiger partial charge in [-0.05, 0) is 19.3 Å². The van der Waals surface area contributed by atoms with E-state index in [2.05, 4.69) is 22.9 Å². The second kappa shape index (κ2) is 20.0. The molecule has 0 radical (unpaired) electrons. The second-order valence-corrected chi connectivity index (χ2v) is 6.95. The fraction of sp³-hybridized carbons (Fsp3) is 0.947. The summed E-state index contributed by atoms with van der Waals surface area (Å²) in [7, 11) is 0. The third-order valence-electron chi connectivity index (χ3n) is 3.90. The number of carbonyl (C=O) groups excluding carboxylic acids is 1. The van der Waals surface area contributed by atoms with E-state index in [0.717, 1.165) is 37.6 Å². The van der Waals surface area contributed by atoms with Crippen LogP contribution in [0.2, 0.25) is 0 Å². The first kappa shape index (κ1) is 22.9. The number of ether oxygens (including phenoxy) is 2.